The van der Waals surface area contributed by atoms with Crippen LogP contribution in [0.15, 0.2) is 18.3 Å². The van der Waals surface area contributed by atoms with Gasteiger partial charge in [0.1, 0.15) is 5.82 Å². The highest BCUT2D eigenvalue weighted by molar-refractivity contribution is 7.15. The first-order chi connectivity index (χ1) is 8.20. The Kier molecular flexibility index (Phi) is 3.93. The molecule has 0 aromatic carbocycles. The Morgan fingerprint density at radius 2 is 2.35 bits per heavy atom. The minimum atomic E-state index is -0.0928. The van der Waals surface area contributed by atoms with Crippen LogP contribution in [0.2, 0.25) is 0 Å². The first-order valence-electron chi connectivity index (χ1n) is 5.57. The van der Waals surface area contributed by atoms with E-state index in [9.17, 15) is 0 Å². The van der Waals surface area contributed by atoms with Gasteiger partial charge in [-0.15, -0.1) is 11.3 Å². The fourth-order valence-corrected chi connectivity index (χ4v) is 2.44. The largest absolute Gasteiger partial charge is 0.385 e. The molecule has 0 amide bonds. The van der Waals surface area contributed by atoms with E-state index in [0.29, 0.717) is 6.61 Å². The second-order valence-corrected chi connectivity index (χ2v) is 5.27. The van der Waals surface area contributed by atoms with E-state index >= 15 is 0 Å². The zero-order chi connectivity index (χ0) is 12.3. The smallest absolute Gasteiger partial charge is 0.123 e. The third-order valence-electron chi connectivity index (χ3n) is 2.59. The number of nitrogens with zero attached hydrogens (tertiary/aromatic N) is 1. The molecule has 92 valence electrons. The Balaban J connectivity index is 2.10. The van der Waals surface area contributed by atoms with Crippen molar-refractivity contribution >= 4 is 11.3 Å². The lowest BCUT2D eigenvalue weighted by Crippen LogP contribution is -2.14. The molecule has 1 atom stereocenters. The van der Waals surface area contributed by atoms with Gasteiger partial charge in [0, 0.05) is 18.6 Å². The molecule has 3 N–H and O–H groups in total. The summed E-state index contributed by atoms with van der Waals surface area (Å²) in [6, 6.07) is 4.10. The van der Waals surface area contributed by atoms with Crippen LogP contribution < -0.4 is 5.73 Å². The molecule has 0 spiro atoms. The van der Waals surface area contributed by atoms with Crippen LogP contribution in [0.1, 0.15) is 23.2 Å². The topological polar surface area (TPSA) is 63.9 Å². The lowest BCUT2D eigenvalue weighted by atomic mass is 10.2. The summed E-state index contributed by atoms with van der Waals surface area (Å²) < 4.78 is 5.01. The van der Waals surface area contributed by atoms with Crippen LogP contribution in [0.5, 0.6) is 0 Å². The van der Waals surface area contributed by atoms with Crippen molar-refractivity contribution < 1.29 is 4.74 Å². The number of aromatic amines is 1. The predicted molar refractivity (Wildman–Crippen MR) is 70.1 cm³/mol. The summed E-state index contributed by atoms with van der Waals surface area (Å²) in [6.45, 7) is 2.74. The Morgan fingerprint density at radius 1 is 1.53 bits per heavy atom. The van der Waals surface area contributed by atoms with E-state index in [-0.39, 0.29) is 6.04 Å². The van der Waals surface area contributed by atoms with Gasteiger partial charge in [0.2, 0.25) is 0 Å². The zero-order valence-electron chi connectivity index (χ0n) is 10.1. The van der Waals surface area contributed by atoms with Gasteiger partial charge in [-0.1, -0.05) is 0 Å². The summed E-state index contributed by atoms with van der Waals surface area (Å²) in [7, 11) is 1.68. The van der Waals surface area contributed by atoms with Crippen molar-refractivity contribution in [2.75, 3.05) is 13.7 Å². The molecule has 0 bridgehead atoms. The summed E-state index contributed by atoms with van der Waals surface area (Å²) >= 11 is 1.75. The van der Waals surface area contributed by atoms with Gasteiger partial charge in [0.25, 0.3) is 0 Å². The average Bonchev–Trinajstić information content (AvgIpc) is 2.93. The molecule has 2 aromatic heterocycles. The molecular weight excluding hydrogens is 234 g/mol. The van der Waals surface area contributed by atoms with Crippen molar-refractivity contribution in [3.05, 3.63) is 29.0 Å². The third kappa shape index (κ3) is 2.94. The number of ether oxygens (including phenoxy) is 1. The van der Waals surface area contributed by atoms with E-state index in [4.69, 9.17) is 10.5 Å². The SMILES string of the molecule is COCCC(N)c1ncc(-c2ccc(C)s2)[nH]1. The van der Waals surface area contributed by atoms with E-state index in [1.54, 1.807) is 18.4 Å². The Bertz CT molecular complexity index is 478. The summed E-state index contributed by atoms with van der Waals surface area (Å²) in [5.41, 5.74) is 7.04. The van der Waals surface area contributed by atoms with Crippen molar-refractivity contribution in [1.82, 2.24) is 9.97 Å². The fraction of sp³-hybridized carbons (Fsp3) is 0.417. The number of aryl methyl sites for hydroxylation is 1. The van der Waals surface area contributed by atoms with Crippen LogP contribution in [0, 0.1) is 6.92 Å². The van der Waals surface area contributed by atoms with Gasteiger partial charge < -0.3 is 15.5 Å². The number of thiophene rings is 1. The van der Waals surface area contributed by atoms with Gasteiger partial charge in [-0.25, -0.2) is 4.98 Å². The quantitative estimate of drug-likeness (QED) is 0.858. The number of rotatable bonds is 5. The maximum atomic E-state index is 6.01. The van der Waals surface area contributed by atoms with Crippen molar-refractivity contribution in [3.63, 3.8) is 0 Å². The van der Waals surface area contributed by atoms with E-state index in [1.165, 1.54) is 9.75 Å². The molecule has 1 unspecified atom stereocenters. The molecule has 0 fully saturated rings. The maximum Gasteiger partial charge on any atom is 0.123 e. The van der Waals surface area contributed by atoms with Crippen LogP contribution in [-0.2, 0) is 4.74 Å². The van der Waals surface area contributed by atoms with Crippen LogP contribution in [0.3, 0.4) is 0 Å². The van der Waals surface area contributed by atoms with Gasteiger partial charge in [-0.3, -0.25) is 0 Å². The van der Waals surface area contributed by atoms with Crippen LogP contribution in [0.25, 0.3) is 10.6 Å². The Hall–Kier alpha value is -1.17. The number of aromatic nitrogens is 2. The van der Waals surface area contributed by atoms with Gasteiger partial charge in [-0.2, -0.15) is 0 Å². The molecule has 0 saturated carbocycles. The molecular formula is C12H17N3OS. The first-order valence-corrected chi connectivity index (χ1v) is 6.38. The Morgan fingerprint density at radius 3 is 3.00 bits per heavy atom. The second kappa shape index (κ2) is 5.44. The molecule has 0 radical (unpaired) electrons. The number of nitrogens with two attached hydrogens (primary N) is 1. The second-order valence-electron chi connectivity index (χ2n) is 3.98. The minimum absolute atomic E-state index is 0.0928. The monoisotopic (exact) mass is 251 g/mol. The molecule has 2 rings (SSSR count). The van der Waals surface area contributed by atoms with Crippen molar-refractivity contribution in [2.24, 2.45) is 5.73 Å². The number of nitrogens with one attached hydrogen (secondary N) is 1. The molecule has 5 heteroatoms. The lowest BCUT2D eigenvalue weighted by Gasteiger charge is -2.06. The lowest BCUT2D eigenvalue weighted by molar-refractivity contribution is 0.187. The molecule has 0 aliphatic carbocycles. The Labute approximate surface area is 105 Å². The highest BCUT2D eigenvalue weighted by Gasteiger charge is 2.11. The van der Waals surface area contributed by atoms with Crippen LogP contribution in [-0.4, -0.2) is 23.7 Å². The number of imidazole rings is 1. The summed E-state index contributed by atoms with van der Waals surface area (Å²) in [4.78, 5) is 10.1. The average molecular weight is 251 g/mol. The van der Waals surface area contributed by atoms with Crippen molar-refractivity contribution in [3.8, 4) is 10.6 Å². The molecule has 4 nitrogen and oxygen atoms in total. The van der Waals surface area contributed by atoms with Crippen molar-refractivity contribution in [2.45, 2.75) is 19.4 Å². The highest BCUT2D eigenvalue weighted by Crippen LogP contribution is 2.26. The van der Waals surface area contributed by atoms with E-state index in [0.717, 1.165) is 17.9 Å². The van der Waals surface area contributed by atoms with E-state index in [2.05, 4.69) is 29.0 Å². The standard InChI is InChI=1S/C12H17N3OS/c1-8-3-4-11(17-8)10-7-14-12(15-10)9(13)5-6-16-2/h3-4,7,9H,5-6,13H2,1-2H3,(H,14,15). The molecule has 0 saturated heterocycles. The molecule has 2 aromatic rings. The number of hydrogen-bond acceptors (Lipinski definition) is 4. The van der Waals surface area contributed by atoms with Gasteiger partial charge in [-0.05, 0) is 25.5 Å². The third-order valence-corrected chi connectivity index (χ3v) is 3.62. The van der Waals surface area contributed by atoms with Crippen LogP contribution >= 0.6 is 11.3 Å². The molecule has 0 aliphatic heterocycles. The molecule has 2 heterocycles. The summed E-state index contributed by atoms with van der Waals surface area (Å²) in [5.74, 6) is 0.822. The minimum Gasteiger partial charge on any atom is -0.385 e. The predicted octanol–water partition coefficient (Wildman–Crippen LogP) is 2.48. The van der Waals surface area contributed by atoms with Crippen LogP contribution in [0.4, 0.5) is 0 Å². The maximum absolute atomic E-state index is 6.01. The molecule has 17 heavy (non-hydrogen) atoms. The summed E-state index contributed by atoms with van der Waals surface area (Å²) in [5, 5.41) is 0. The first kappa shape index (κ1) is 12.3. The van der Waals surface area contributed by atoms with Crippen molar-refractivity contribution in [1.29, 1.82) is 0 Å². The number of methoxy groups -OCH3 is 1. The normalized spacial score (nSPS) is 12.9. The fourth-order valence-electron chi connectivity index (χ4n) is 1.61. The molecule has 0 aliphatic rings. The van der Waals surface area contributed by atoms with E-state index in [1.807, 2.05) is 6.20 Å². The number of hydrogen-bond donors (Lipinski definition) is 2. The number of H-pyrrole nitrogens is 1. The van der Waals surface area contributed by atoms with Gasteiger partial charge >= 0.3 is 0 Å². The summed E-state index contributed by atoms with van der Waals surface area (Å²) in [6.07, 6.45) is 2.61. The zero-order valence-corrected chi connectivity index (χ0v) is 10.9. The van der Waals surface area contributed by atoms with Gasteiger partial charge in [0.15, 0.2) is 0 Å². The highest BCUT2D eigenvalue weighted by atomic mass is 32.1. The van der Waals surface area contributed by atoms with Gasteiger partial charge in [0.05, 0.1) is 22.8 Å². The van der Waals surface area contributed by atoms with E-state index < -0.39 is 0 Å².